The largest absolute Gasteiger partial charge is 0.310 e. The maximum absolute atomic E-state index is 10.2. The number of aromatic nitrogens is 1. The molecule has 11 aromatic rings. The Morgan fingerprint density at radius 3 is 1.85 bits per heavy atom. The van der Waals surface area contributed by atoms with Crippen LogP contribution in [-0.2, 0) is 5.41 Å². The van der Waals surface area contributed by atoms with Gasteiger partial charge in [0.05, 0.1) is 26.0 Å². The molecule has 0 saturated carbocycles. The fourth-order valence-electron chi connectivity index (χ4n) is 9.62. The molecule has 1 heterocycles. The van der Waals surface area contributed by atoms with Gasteiger partial charge >= 0.3 is 0 Å². The standard InChI is InChI=1S/C59H40N2/c1-4-16-41(17-5-1)43-29-33-49(34-30-43)60(47-20-6-2-7-21-47)50-35-36-56-53(40-50)51-24-12-14-26-55(51)59(56,45-31-28-42-18-10-11-19-44(42)38-45)46-32-37-58-54(39-46)52-25-13-15-27-57(52)61(58)48-22-8-3-9-23-48/h1-40H/i10D,11D,18D,19D,28D,31D,38D. The Labute approximate surface area is 365 Å². The molecule has 1 unspecified atom stereocenters. The summed E-state index contributed by atoms with van der Waals surface area (Å²) >= 11 is 0. The van der Waals surface area contributed by atoms with Crippen LogP contribution in [-0.4, -0.2) is 4.57 Å². The highest BCUT2D eigenvalue weighted by Gasteiger charge is 2.46. The van der Waals surface area contributed by atoms with Gasteiger partial charge in [-0.15, -0.1) is 0 Å². The van der Waals surface area contributed by atoms with Gasteiger partial charge in [0.15, 0.2) is 0 Å². The normalized spacial score (nSPS) is 15.9. The lowest BCUT2D eigenvalue weighted by molar-refractivity contribution is 0.771. The third kappa shape index (κ3) is 5.50. The third-order valence-corrected chi connectivity index (χ3v) is 12.3. The van der Waals surface area contributed by atoms with Crippen molar-refractivity contribution in [3.63, 3.8) is 0 Å². The summed E-state index contributed by atoms with van der Waals surface area (Å²) < 4.78 is 67.3. The fraction of sp³-hybridized carbons (Fsp3) is 0.0169. The molecule has 10 aromatic carbocycles. The van der Waals surface area contributed by atoms with E-state index in [4.69, 9.17) is 4.11 Å². The Kier molecular flexibility index (Phi) is 6.59. The number of benzene rings is 10. The molecule has 1 aromatic heterocycles. The lowest BCUT2D eigenvalue weighted by atomic mass is 9.67. The van der Waals surface area contributed by atoms with E-state index in [9.17, 15) is 5.48 Å². The Bertz CT molecular complexity index is 3820. The van der Waals surface area contributed by atoms with Crippen molar-refractivity contribution in [3.05, 3.63) is 265 Å². The SMILES string of the molecule is [2H]c1c([2H])c([2H])c2c([2H])c(C3(c4ccc5c(c4)c4ccccc4n5-c4ccccc4)c4ccccc4-c4cc(N(c5ccccc5)c5ccc(-c6ccccc6)cc5)ccc43)c([2H])c([2H])c2c1[2H]. The summed E-state index contributed by atoms with van der Waals surface area (Å²) in [4.78, 5) is 2.22. The summed E-state index contributed by atoms with van der Waals surface area (Å²) in [6.07, 6.45) is 0. The minimum absolute atomic E-state index is 0.0788. The van der Waals surface area contributed by atoms with Crippen LogP contribution in [0, 0.1) is 0 Å². The van der Waals surface area contributed by atoms with E-state index in [1.54, 1.807) is 0 Å². The van der Waals surface area contributed by atoms with Gasteiger partial charge < -0.3 is 9.47 Å². The van der Waals surface area contributed by atoms with E-state index in [0.717, 1.165) is 83.5 Å². The van der Waals surface area contributed by atoms with Crippen LogP contribution in [0.5, 0.6) is 0 Å². The van der Waals surface area contributed by atoms with Crippen LogP contribution in [0.15, 0.2) is 242 Å². The van der Waals surface area contributed by atoms with E-state index in [1.807, 2.05) is 84.9 Å². The van der Waals surface area contributed by atoms with Crippen LogP contribution < -0.4 is 4.90 Å². The second kappa shape index (κ2) is 14.1. The topological polar surface area (TPSA) is 8.17 Å². The Morgan fingerprint density at radius 2 is 1.03 bits per heavy atom. The molecule has 0 radical (unpaired) electrons. The molecule has 1 aliphatic rings. The molecule has 1 aliphatic carbocycles. The highest BCUT2D eigenvalue weighted by molar-refractivity contribution is 6.10. The monoisotopic (exact) mass is 783 g/mol. The number of anilines is 3. The lowest BCUT2D eigenvalue weighted by Gasteiger charge is -2.34. The minimum atomic E-state index is -1.39. The highest BCUT2D eigenvalue weighted by Crippen LogP contribution is 2.58. The van der Waals surface area contributed by atoms with Crippen LogP contribution in [0.3, 0.4) is 0 Å². The van der Waals surface area contributed by atoms with Crippen molar-refractivity contribution >= 4 is 49.6 Å². The minimum Gasteiger partial charge on any atom is -0.310 e. The van der Waals surface area contributed by atoms with Crippen LogP contribution in [0.1, 0.15) is 31.8 Å². The van der Waals surface area contributed by atoms with Gasteiger partial charge in [-0.1, -0.05) is 170 Å². The average Bonchev–Trinajstić information content (AvgIpc) is 3.87. The van der Waals surface area contributed by atoms with E-state index in [0.29, 0.717) is 0 Å². The third-order valence-electron chi connectivity index (χ3n) is 12.3. The van der Waals surface area contributed by atoms with Crippen LogP contribution in [0.4, 0.5) is 17.1 Å². The van der Waals surface area contributed by atoms with E-state index in [-0.39, 0.29) is 34.5 Å². The van der Waals surface area contributed by atoms with Gasteiger partial charge in [0.1, 0.15) is 0 Å². The molecule has 0 fully saturated rings. The van der Waals surface area contributed by atoms with Crippen LogP contribution in [0.2, 0.25) is 0 Å². The molecule has 286 valence electrons. The summed E-state index contributed by atoms with van der Waals surface area (Å²) in [5.41, 5.74) is 11.0. The first-order valence-corrected chi connectivity index (χ1v) is 20.5. The molecule has 2 heteroatoms. The number of nitrogens with zero attached hydrogens (tertiary/aromatic N) is 2. The first-order chi connectivity index (χ1) is 33.2. The lowest BCUT2D eigenvalue weighted by Crippen LogP contribution is -2.28. The second-order valence-corrected chi connectivity index (χ2v) is 15.5. The summed E-state index contributed by atoms with van der Waals surface area (Å²) in [6, 6.07) is 65.7. The van der Waals surface area contributed by atoms with Crippen LogP contribution in [0.25, 0.3) is 60.5 Å². The Hall–Kier alpha value is -7.94. The van der Waals surface area contributed by atoms with Crippen LogP contribution >= 0.6 is 0 Å². The van der Waals surface area contributed by atoms with Gasteiger partial charge in [0.2, 0.25) is 0 Å². The second-order valence-electron chi connectivity index (χ2n) is 15.5. The van der Waals surface area contributed by atoms with E-state index >= 15 is 0 Å². The van der Waals surface area contributed by atoms with Crippen molar-refractivity contribution in [3.8, 4) is 27.9 Å². The van der Waals surface area contributed by atoms with Crippen molar-refractivity contribution in [1.29, 1.82) is 0 Å². The molecule has 0 N–H and O–H groups in total. The van der Waals surface area contributed by atoms with Gasteiger partial charge in [-0.25, -0.2) is 0 Å². The number of hydrogen-bond acceptors (Lipinski definition) is 1. The molecular formula is C59H40N2. The molecule has 1 atom stereocenters. The molecule has 12 rings (SSSR count). The molecule has 0 saturated heterocycles. The van der Waals surface area contributed by atoms with Gasteiger partial charge in [-0.2, -0.15) is 0 Å². The van der Waals surface area contributed by atoms with Crippen molar-refractivity contribution in [2.75, 3.05) is 4.90 Å². The first-order valence-electron chi connectivity index (χ1n) is 24.0. The van der Waals surface area contributed by atoms with Gasteiger partial charge in [-0.3, -0.25) is 0 Å². The molecular weight excluding hydrogens is 737 g/mol. The summed E-state index contributed by atoms with van der Waals surface area (Å²) in [5.74, 6) is 0. The highest BCUT2D eigenvalue weighted by atomic mass is 15.1. The summed E-state index contributed by atoms with van der Waals surface area (Å²) in [5, 5.41) is 1.77. The van der Waals surface area contributed by atoms with Crippen molar-refractivity contribution in [2.45, 2.75) is 5.41 Å². The fourth-order valence-corrected chi connectivity index (χ4v) is 9.62. The van der Waals surface area contributed by atoms with Crippen molar-refractivity contribution < 1.29 is 9.60 Å². The smallest absolute Gasteiger partial charge is 0.0714 e. The quantitative estimate of drug-likeness (QED) is 0.156. The van der Waals surface area contributed by atoms with Gasteiger partial charge in [0, 0.05) is 33.5 Å². The maximum Gasteiger partial charge on any atom is 0.0714 e. The molecule has 61 heavy (non-hydrogen) atoms. The summed E-state index contributed by atoms with van der Waals surface area (Å²) in [6.45, 7) is 0. The molecule has 0 spiro atoms. The zero-order valence-electron chi connectivity index (χ0n) is 39.9. The summed E-state index contributed by atoms with van der Waals surface area (Å²) in [7, 11) is 0. The van der Waals surface area contributed by atoms with E-state index in [1.165, 1.54) is 0 Å². The Balaban J connectivity index is 1.17. The molecule has 0 amide bonds. The van der Waals surface area contributed by atoms with Crippen molar-refractivity contribution in [2.24, 2.45) is 0 Å². The van der Waals surface area contributed by atoms with Gasteiger partial charge in [0.25, 0.3) is 0 Å². The predicted molar refractivity (Wildman–Crippen MR) is 256 cm³/mol. The molecule has 0 aliphatic heterocycles. The number of fused-ring (bicyclic) bond motifs is 7. The zero-order valence-corrected chi connectivity index (χ0v) is 32.9. The number of rotatable bonds is 7. The van der Waals surface area contributed by atoms with Crippen molar-refractivity contribution in [1.82, 2.24) is 4.57 Å². The molecule has 0 bridgehead atoms. The average molecular weight is 784 g/mol. The number of para-hydroxylation sites is 3. The van der Waals surface area contributed by atoms with E-state index < -0.39 is 29.6 Å². The first kappa shape index (κ1) is 28.5. The molecule has 2 nitrogen and oxygen atoms in total. The van der Waals surface area contributed by atoms with Gasteiger partial charge in [-0.05, 0) is 128 Å². The maximum atomic E-state index is 10.2. The van der Waals surface area contributed by atoms with E-state index in [2.05, 4.69) is 125 Å². The number of hydrogen-bond donors (Lipinski definition) is 0. The zero-order chi connectivity index (χ0) is 46.4. The predicted octanol–water partition coefficient (Wildman–Crippen LogP) is 15.4. The Morgan fingerprint density at radius 1 is 0.410 bits per heavy atom.